The second-order valence-corrected chi connectivity index (χ2v) is 2.98. The van der Waals surface area contributed by atoms with E-state index in [0.717, 1.165) is 12.1 Å². The van der Waals surface area contributed by atoms with Gasteiger partial charge in [0.05, 0.1) is 10.0 Å². The molecule has 5 heteroatoms. The maximum absolute atomic E-state index is 12.6. The molecular formula is C9H9BrF4. The quantitative estimate of drug-likeness (QED) is 0.604. The van der Waals surface area contributed by atoms with Crippen LogP contribution < -0.4 is 0 Å². The highest BCUT2D eigenvalue weighted by atomic mass is 79.9. The summed E-state index contributed by atoms with van der Waals surface area (Å²) >= 11 is 2.75. The molecule has 0 saturated carbocycles. The summed E-state index contributed by atoms with van der Waals surface area (Å²) in [6, 6.07) is 2.29. The van der Waals surface area contributed by atoms with E-state index in [2.05, 4.69) is 15.9 Å². The van der Waals surface area contributed by atoms with Crippen LogP contribution in [0.4, 0.5) is 17.6 Å². The Hall–Kier alpha value is -0.580. The van der Waals surface area contributed by atoms with Gasteiger partial charge in [-0.25, -0.2) is 4.39 Å². The van der Waals surface area contributed by atoms with E-state index in [1.807, 2.05) is 13.8 Å². The first-order valence-electron chi connectivity index (χ1n) is 3.93. The average molecular weight is 273 g/mol. The zero-order chi connectivity index (χ0) is 11.4. The Labute approximate surface area is 88.1 Å². The van der Waals surface area contributed by atoms with Crippen molar-refractivity contribution in [1.29, 1.82) is 0 Å². The zero-order valence-electron chi connectivity index (χ0n) is 7.62. The summed E-state index contributed by atoms with van der Waals surface area (Å²) in [6.45, 7) is 4.00. The third kappa shape index (κ3) is 3.65. The van der Waals surface area contributed by atoms with Crippen molar-refractivity contribution in [3.8, 4) is 0 Å². The third-order valence-corrected chi connectivity index (χ3v) is 1.89. The average Bonchev–Trinajstić information content (AvgIpc) is 2.11. The molecule has 0 nitrogen and oxygen atoms in total. The molecule has 1 aromatic rings. The van der Waals surface area contributed by atoms with E-state index < -0.39 is 17.6 Å². The highest BCUT2D eigenvalue weighted by Crippen LogP contribution is 2.31. The molecule has 80 valence electrons. The van der Waals surface area contributed by atoms with Crippen LogP contribution in [-0.2, 0) is 6.18 Å². The maximum Gasteiger partial charge on any atom is 0.416 e. The summed E-state index contributed by atoms with van der Waals surface area (Å²) < 4.78 is 48.3. The summed E-state index contributed by atoms with van der Waals surface area (Å²) in [6.07, 6.45) is -4.48. The number of hydrogen-bond acceptors (Lipinski definition) is 0. The van der Waals surface area contributed by atoms with Crippen molar-refractivity contribution in [2.24, 2.45) is 0 Å². The van der Waals surface area contributed by atoms with Crippen molar-refractivity contribution in [1.82, 2.24) is 0 Å². The molecule has 0 aliphatic carbocycles. The molecule has 0 spiro atoms. The summed E-state index contributed by atoms with van der Waals surface area (Å²) in [5.41, 5.74) is -0.983. The van der Waals surface area contributed by atoms with Crippen molar-refractivity contribution < 1.29 is 17.6 Å². The largest absolute Gasteiger partial charge is 0.416 e. The Morgan fingerprint density at radius 2 is 1.64 bits per heavy atom. The molecule has 1 aromatic carbocycles. The Bertz CT molecular complexity index is 293. The highest BCUT2D eigenvalue weighted by molar-refractivity contribution is 9.10. The van der Waals surface area contributed by atoms with Gasteiger partial charge in [0, 0.05) is 0 Å². The first kappa shape index (κ1) is 13.4. The molecule has 0 unspecified atom stereocenters. The van der Waals surface area contributed by atoms with Gasteiger partial charge in [-0.3, -0.25) is 0 Å². The van der Waals surface area contributed by atoms with E-state index in [1.54, 1.807) is 0 Å². The number of rotatable bonds is 0. The van der Waals surface area contributed by atoms with Crippen molar-refractivity contribution >= 4 is 15.9 Å². The fourth-order valence-corrected chi connectivity index (χ4v) is 0.919. The van der Waals surface area contributed by atoms with Crippen LogP contribution in [0.3, 0.4) is 0 Å². The van der Waals surface area contributed by atoms with E-state index in [1.165, 1.54) is 0 Å². The monoisotopic (exact) mass is 272 g/mol. The number of benzene rings is 1. The van der Waals surface area contributed by atoms with Crippen LogP contribution in [-0.4, -0.2) is 0 Å². The standard InChI is InChI=1S/C7H3BrF4.C2H6/c8-5-2-1-4(3-6(5)9)7(10,11)12;1-2/h1-3H;1-2H3. The minimum Gasteiger partial charge on any atom is -0.206 e. The van der Waals surface area contributed by atoms with Crippen LogP contribution >= 0.6 is 15.9 Å². The van der Waals surface area contributed by atoms with Crippen LogP contribution in [0.1, 0.15) is 19.4 Å². The summed E-state index contributed by atoms with van der Waals surface area (Å²) in [7, 11) is 0. The van der Waals surface area contributed by atoms with E-state index in [-0.39, 0.29) is 4.47 Å². The number of alkyl halides is 3. The topological polar surface area (TPSA) is 0 Å². The van der Waals surface area contributed by atoms with Gasteiger partial charge in [-0.1, -0.05) is 13.8 Å². The first-order chi connectivity index (χ1) is 6.41. The number of halogens is 5. The first-order valence-corrected chi connectivity index (χ1v) is 4.73. The van der Waals surface area contributed by atoms with E-state index >= 15 is 0 Å². The van der Waals surface area contributed by atoms with Gasteiger partial charge in [0.2, 0.25) is 0 Å². The Balaban J connectivity index is 0.000000791. The van der Waals surface area contributed by atoms with Crippen LogP contribution in [0.5, 0.6) is 0 Å². The fourth-order valence-electron chi connectivity index (χ4n) is 0.672. The van der Waals surface area contributed by atoms with Crippen molar-refractivity contribution in [2.45, 2.75) is 20.0 Å². The van der Waals surface area contributed by atoms with Gasteiger partial charge in [-0.05, 0) is 34.1 Å². The summed E-state index contributed by atoms with van der Waals surface area (Å²) in [5.74, 6) is -0.912. The lowest BCUT2D eigenvalue weighted by Gasteiger charge is -2.06. The molecule has 0 bridgehead atoms. The van der Waals surface area contributed by atoms with Crippen molar-refractivity contribution in [3.63, 3.8) is 0 Å². The molecule has 0 fully saturated rings. The Morgan fingerprint density at radius 1 is 1.14 bits per heavy atom. The lowest BCUT2D eigenvalue weighted by atomic mass is 10.2. The second kappa shape index (κ2) is 5.34. The molecular weight excluding hydrogens is 264 g/mol. The maximum atomic E-state index is 12.6. The van der Waals surface area contributed by atoms with Crippen LogP contribution in [0, 0.1) is 5.82 Å². The third-order valence-electron chi connectivity index (χ3n) is 1.25. The van der Waals surface area contributed by atoms with E-state index in [0.29, 0.717) is 6.07 Å². The van der Waals surface area contributed by atoms with Gasteiger partial charge in [0.1, 0.15) is 5.82 Å². The highest BCUT2D eigenvalue weighted by Gasteiger charge is 2.30. The lowest BCUT2D eigenvalue weighted by molar-refractivity contribution is -0.137. The molecule has 0 atom stereocenters. The Morgan fingerprint density at radius 3 is 2.00 bits per heavy atom. The van der Waals surface area contributed by atoms with Gasteiger partial charge >= 0.3 is 6.18 Å². The molecule has 14 heavy (non-hydrogen) atoms. The molecule has 0 saturated heterocycles. The molecule has 0 radical (unpaired) electrons. The predicted octanol–water partition coefficient (Wildman–Crippen LogP) is 4.63. The minimum atomic E-state index is -4.48. The second-order valence-electron chi connectivity index (χ2n) is 2.13. The molecule has 0 aliphatic rings. The van der Waals surface area contributed by atoms with Gasteiger partial charge in [0.15, 0.2) is 0 Å². The van der Waals surface area contributed by atoms with E-state index in [4.69, 9.17) is 0 Å². The van der Waals surface area contributed by atoms with Crippen molar-refractivity contribution in [3.05, 3.63) is 34.1 Å². The molecule has 0 amide bonds. The van der Waals surface area contributed by atoms with Crippen LogP contribution in [0.15, 0.2) is 22.7 Å². The fraction of sp³-hybridized carbons (Fsp3) is 0.333. The lowest BCUT2D eigenvalue weighted by Crippen LogP contribution is -2.04. The van der Waals surface area contributed by atoms with Crippen LogP contribution in [0.2, 0.25) is 0 Å². The summed E-state index contributed by atoms with van der Waals surface area (Å²) in [4.78, 5) is 0. The molecule has 0 N–H and O–H groups in total. The SMILES string of the molecule is CC.Fc1cc(C(F)(F)F)ccc1Br. The Kier molecular flexibility index (Phi) is 5.12. The van der Waals surface area contributed by atoms with Gasteiger partial charge in [0.25, 0.3) is 0 Å². The normalized spacial score (nSPS) is 10.5. The molecule has 0 aliphatic heterocycles. The van der Waals surface area contributed by atoms with Crippen LogP contribution in [0.25, 0.3) is 0 Å². The molecule has 0 aromatic heterocycles. The predicted molar refractivity (Wildman–Crippen MR) is 50.5 cm³/mol. The minimum absolute atomic E-state index is 0.0236. The van der Waals surface area contributed by atoms with Gasteiger partial charge in [-0.15, -0.1) is 0 Å². The van der Waals surface area contributed by atoms with Crippen molar-refractivity contribution in [2.75, 3.05) is 0 Å². The van der Waals surface area contributed by atoms with Gasteiger partial charge in [-0.2, -0.15) is 13.2 Å². The van der Waals surface area contributed by atoms with E-state index in [9.17, 15) is 17.6 Å². The van der Waals surface area contributed by atoms with Gasteiger partial charge < -0.3 is 0 Å². The number of hydrogen-bond donors (Lipinski definition) is 0. The molecule has 1 rings (SSSR count). The zero-order valence-corrected chi connectivity index (χ0v) is 9.21. The summed E-state index contributed by atoms with van der Waals surface area (Å²) in [5, 5.41) is 0. The molecule has 0 heterocycles. The smallest absolute Gasteiger partial charge is 0.206 e.